The molecule has 0 saturated carbocycles. The van der Waals surface area contributed by atoms with E-state index in [1.807, 2.05) is 12.1 Å². The van der Waals surface area contributed by atoms with E-state index in [1.54, 1.807) is 12.1 Å². The molecule has 0 aliphatic rings. The molecule has 0 unspecified atom stereocenters. The van der Waals surface area contributed by atoms with E-state index in [-0.39, 0.29) is 0 Å². The average Bonchev–Trinajstić information content (AvgIpc) is 1.97. The molecule has 60 valence electrons. The molecule has 11 heavy (non-hydrogen) atoms. The van der Waals surface area contributed by atoms with E-state index in [0.717, 1.165) is 3.57 Å². The van der Waals surface area contributed by atoms with Gasteiger partial charge >= 0.3 is 37.9 Å². The Balaban J connectivity index is 0.000000292. The molecule has 0 aliphatic carbocycles. The van der Waals surface area contributed by atoms with Gasteiger partial charge in [0.1, 0.15) is 5.75 Å². The number of aromatic hydroxyl groups is 1. The minimum atomic E-state index is -0.826. The van der Waals surface area contributed by atoms with Crippen molar-refractivity contribution in [3.8, 4) is 5.75 Å². The number of halogens is 3. The number of phenols is 1. The van der Waals surface area contributed by atoms with Crippen molar-refractivity contribution in [1.29, 1.82) is 0 Å². The van der Waals surface area contributed by atoms with Crippen LogP contribution in [0, 0.1) is 3.57 Å². The summed E-state index contributed by atoms with van der Waals surface area (Å²) in [5.41, 5.74) is 0. The quantitative estimate of drug-likeness (QED) is 0.683. The van der Waals surface area contributed by atoms with Crippen LogP contribution in [0.15, 0.2) is 24.3 Å². The van der Waals surface area contributed by atoms with Crippen molar-refractivity contribution in [2.75, 3.05) is 0 Å². The molecule has 0 bridgehead atoms. The molecule has 1 aromatic rings. The van der Waals surface area contributed by atoms with Crippen LogP contribution >= 0.6 is 39.6 Å². The van der Waals surface area contributed by atoms with Gasteiger partial charge in [-0.2, -0.15) is 0 Å². The van der Waals surface area contributed by atoms with Crippen molar-refractivity contribution in [3.63, 3.8) is 0 Å². The van der Waals surface area contributed by atoms with Crippen LogP contribution in [0.5, 0.6) is 5.75 Å². The molecule has 5 heteroatoms. The maximum atomic E-state index is 8.91. The van der Waals surface area contributed by atoms with E-state index < -0.39 is 20.8 Å². The average molecular weight is 382 g/mol. The summed E-state index contributed by atoms with van der Waals surface area (Å²) < 4.78 is 0.894. The molecule has 1 nitrogen and oxygen atoms in total. The first-order valence-corrected chi connectivity index (χ1v) is 10.0. The van der Waals surface area contributed by atoms with Crippen LogP contribution in [0.2, 0.25) is 0 Å². The topological polar surface area (TPSA) is 20.2 Å². The van der Waals surface area contributed by atoms with Crippen molar-refractivity contribution in [2.45, 2.75) is 0 Å². The van der Waals surface area contributed by atoms with E-state index in [9.17, 15) is 0 Å². The van der Waals surface area contributed by atoms with Gasteiger partial charge in [0.25, 0.3) is 0 Å². The Morgan fingerprint density at radius 2 is 1.73 bits per heavy atom. The van der Waals surface area contributed by atoms with Crippen LogP contribution in [0.3, 0.4) is 0 Å². The zero-order valence-electron chi connectivity index (χ0n) is 5.39. The third-order valence-electron chi connectivity index (χ3n) is 0.852. The van der Waals surface area contributed by atoms with Crippen LogP contribution in [-0.4, -0.2) is 5.11 Å². The summed E-state index contributed by atoms with van der Waals surface area (Å²) in [6.45, 7) is 0. The van der Waals surface area contributed by atoms with Crippen LogP contribution in [0.25, 0.3) is 0 Å². The number of hydrogen-bond donors (Lipinski definition) is 1. The van der Waals surface area contributed by atoms with Crippen molar-refractivity contribution in [1.82, 2.24) is 0 Å². The van der Waals surface area contributed by atoms with Gasteiger partial charge < -0.3 is 5.11 Å². The molecule has 0 amide bonds. The van der Waals surface area contributed by atoms with Crippen LogP contribution in [-0.2, 0) is 20.8 Å². The molecule has 1 N–H and O–H groups in total. The normalized spacial score (nSPS) is 7.91. The zero-order valence-corrected chi connectivity index (χ0v) is 11.5. The Labute approximate surface area is 97.9 Å². The van der Waals surface area contributed by atoms with Crippen molar-refractivity contribution >= 4 is 39.6 Å². The summed E-state index contributed by atoms with van der Waals surface area (Å²) >= 11 is 1.25. The molecule has 0 aromatic heterocycles. The molecule has 0 radical (unpaired) electrons. The van der Waals surface area contributed by atoms with Crippen LogP contribution in [0.4, 0.5) is 0 Å². The van der Waals surface area contributed by atoms with Crippen LogP contribution < -0.4 is 0 Å². The van der Waals surface area contributed by atoms with E-state index in [4.69, 9.17) is 22.1 Å². The predicted molar refractivity (Wildman–Crippen MR) is 52.5 cm³/mol. The summed E-state index contributed by atoms with van der Waals surface area (Å²) in [5, 5.41) is 8.91. The molecule has 1 rings (SSSR count). The van der Waals surface area contributed by atoms with E-state index >= 15 is 0 Å². The maximum absolute atomic E-state index is 8.91. The fraction of sp³-hybridized carbons (Fsp3) is 0. The molecule has 0 saturated heterocycles. The fourth-order valence-electron chi connectivity index (χ4n) is 0.452. The van der Waals surface area contributed by atoms with Gasteiger partial charge in [-0.1, -0.05) is 12.1 Å². The van der Waals surface area contributed by atoms with E-state index in [1.165, 1.54) is 0 Å². The first-order chi connectivity index (χ1) is 5.22. The number of benzene rings is 1. The summed E-state index contributed by atoms with van der Waals surface area (Å²) in [6, 6.07) is 7.22. The first-order valence-electron chi connectivity index (χ1n) is 2.62. The van der Waals surface area contributed by atoms with Gasteiger partial charge in [-0.15, -0.1) is 0 Å². The molecule has 1 aromatic carbocycles. The zero-order chi connectivity index (χ0) is 8.69. The van der Waals surface area contributed by atoms with Gasteiger partial charge in [0.05, 0.1) is 3.57 Å². The van der Waals surface area contributed by atoms with Gasteiger partial charge in [-0.25, -0.2) is 0 Å². The standard InChI is InChI=1S/C6H5IO.2ClH.Zr/c7-5-3-1-2-4-6(5)8;;;/h1-4,8H;2*1H;/q;;;+2/p-2. The Morgan fingerprint density at radius 3 is 2.00 bits per heavy atom. The second-order valence-electron chi connectivity index (χ2n) is 1.52. The summed E-state index contributed by atoms with van der Waals surface area (Å²) in [7, 11) is 9.87. The summed E-state index contributed by atoms with van der Waals surface area (Å²) in [5.74, 6) is 0.355. The Hall–Kier alpha value is 1.21. The Kier molecular flexibility index (Phi) is 8.71. The molecule has 0 atom stereocenters. The predicted octanol–water partition coefficient (Wildman–Crippen LogP) is 3.37. The Morgan fingerprint density at radius 1 is 1.27 bits per heavy atom. The van der Waals surface area contributed by atoms with Crippen molar-refractivity contribution in [2.24, 2.45) is 0 Å². The molecule has 0 heterocycles. The third-order valence-corrected chi connectivity index (χ3v) is 1.76. The Bertz CT molecular complexity index is 189. The second-order valence-corrected chi connectivity index (χ2v) is 6.42. The fourth-order valence-corrected chi connectivity index (χ4v) is 0.839. The monoisotopic (exact) mass is 380 g/mol. The number of para-hydroxylation sites is 1. The van der Waals surface area contributed by atoms with Crippen molar-refractivity contribution < 1.29 is 26.0 Å². The first kappa shape index (κ1) is 12.2. The molecule has 0 spiro atoms. The van der Waals surface area contributed by atoms with Gasteiger partial charge in [0.15, 0.2) is 0 Å². The number of hydrogen-bond acceptors (Lipinski definition) is 1. The van der Waals surface area contributed by atoms with Gasteiger partial charge in [-0.05, 0) is 34.7 Å². The number of rotatable bonds is 0. The van der Waals surface area contributed by atoms with Crippen molar-refractivity contribution in [3.05, 3.63) is 27.8 Å². The summed E-state index contributed by atoms with van der Waals surface area (Å²) in [4.78, 5) is 0. The molecular formula is C6H5Cl2IOZr. The van der Waals surface area contributed by atoms with Gasteiger partial charge in [-0.3, -0.25) is 0 Å². The van der Waals surface area contributed by atoms with Gasteiger partial charge in [0.2, 0.25) is 0 Å². The van der Waals surface area contributed by atoms with E-state index in [2.05, 4.69) is 22.6 Å². The minimum absolute atomic E-state index is 0.355. The molecular weight excluding hydrogens is 377 g/mol. The van der Waals surface area contributed by atoms with E-state index in [0.29, 0.717) is 5.75 Å². The third kappa shape index (κ3) is 6.38. The van der Waals surface area contributed by atoms with Crippen LogP contribution in [0.1, 0.15) is 0 Å². The molecule has 0 fully saturated rings. The second kappa shape index (κ2) is 7.84. The molecule has 0 aliphatic heterocycles. The summed E-state index contributed by atoms with van der Waals surface area (Å²) in [6.07, 6.45) is 0. The SMILES string of the molecule is Oc1ccccc1I.[Cl][Zr][Cl]. The number of phenolic OH excluding ortho intramolecular Hbond substituents is 1. The van der Waals surface area contributed by atoms with Gasteiger partial charge in [0, 0.05) is 0 Å².